The normalized spacial score (nSPS) is 11.5. The van der Waals surface area contributed by atoms with Crippen LogP contribution in [-0.4, -0.2) is 8.74 Å². The van der Waals surface area contributed by atoms with Gasteiger partial charge in [-0.3, -0.25) is 8.22 Å². The molecule has 0 saturated heterocycles. The predicted octanol–water partition coefficient (Wildman–Crippen LogP) is 1.90. The first kappa shape index (κ1) is 7.40. The molecule has 0 N–H and O–H groups in total. The highest BCUT2D eigenvalue weighted by atomic mass is 28.4. The maximum absolute atomic E-state index is 12.6. The van der Waals surface area contributed by atoms with E-state index in [1.807, 2.05) is 0 Å². The first-order chi connectivity index (χ1) is 4.61. The van der Waals surface area contributed by atoms with Crippen molar-refractivity contribution in [2.24, 2.45) is 0 Å². The summed E-state index contributed by atoms with van der Waals surface area (Å²) in [5, 5.41) is 0.204. The van der Waals surface area contributed by atoms with Crippen molar-refractivity contribution in [2.45, 2.75) is 6.55 Å². The molecule has 54 valence electrons. The Morgan fingerprint density at radius 1 is 1.10 bits per heavy atom. The molecule has 0 atom stereocenters. The average Bonchev–Trinajstić information content (AvgIpc) is 1.88. The molecular formula is C7H8F2Si. The third-order valence-corrected chi connectivity index (χ3v) is 2.63. The van der Waals surface area contributed by atoms with Gasteiger partial charge in [0.15, 0.2) is 0 Å². The Labute approximate surface area is 59.9 Å². The largest absolute Gasteiger partial charge is 0.452 e. The monoisotopic (exact) mass is 158 g/mol. The predicted molar refractivity (Wildman–Crippen MR) is 39.9 cm³/mol. The van der Waals surface area contributed by atoms with E-state index in [2.05, 4.69) is 0 Å². The third-order valence-electron chi connectivity index (χ3n) is 1.28. The minimum Gasteiger partial charge on any atom is -0.265 e. The fourth-order valence-corrected chi connectivity index (χ4v) is 1.51. The Kier molecular flexibility index (Phi) is 1.85. The van der Waals surface area contributed by atoms with Gasteiger partial charge in [0.2, 0.25) is 0 Å². The Bertz CT molecular complexity index is 203. The molecule has 0 aliphatic carbocycles. The second kappa shape index (κ2) is 2.50. The van der Waals surface area contributed by atoms with Gasteiger partial charge in [0.1, 0.15) is 0 Å². The molecule has 0 bridgehead atoms. The van der Waals surface area contributed by atoms with Crippen LogP contribution in [0.4, 0.5) is 8.22 Å². The van der Waals surface area contributed by atoms with Crippen molar-refractivity contribution < 1.29 is 8.22 Å². The SMILES string of the molecule is C[Si](F)(F)c1ccccc1. The zero-order chi connectivity index (χ0) is 7.61. The highest BCUT2D eigenvalue weighted by molar-refractivity contribution is 6.78. The Balaban J connectivity index is 2.97. The van der Waals surface area contributed by atoms with Gasteiger partial charge in [-0.25, -0.2) is 0 Å². The van der Waals surface area contributed by atoms with Gasteiger partial charge in [-0.2, -0.15) is 0 Å². The average molecular weight is 158 g/mol. The Morgan fingerprint density at radius 3 is 1.90 bits per heavy atom. The first-order valence-corrected chi connectivity index (χ1v) is 5.29. The van der Waals surface area contributed by atoms with Crippen LogP contribution in [0.25, 0.3) is 0 Å². The van der Waals surface area contributed by atoms with Crippen LogP contribution in [0, 0.1) is 0 Å². The van der Waals surface area contributed by atoms with Crippen LogP contribution in [-0.2, 0) is 0 Å². The summed E-state index contributed by atoms with van der Waals surface area (Å²) in [4.78, 5) is 0. The van der Waals surface area contributed by atoms with Crippen molar-refractivity contribution in [1.82, 2.24) is 0 Å². The van der Waals surface area contributed by atoms with E-state index in [1.54, 1.807) is 18.2 Å². The minimum absolute atomic E-state index is 0.204. The van der Waals surface area contributed by atoms with Crippen LogP contribution in [0.1, 0.15) is 0 Å². The lowest BCUT2D eigenvalue weighted by Crippen LogP contribution is -2.34. The van der Waals surface area contributed by atoms with E-state index in [0.29, 0.717) is 0 Å². The Hall–Kier alpha value is -0.703. The van der Waals surface area contributed by atoms with E-state index in [-0.39, 0.29) is 5.19 Å². The molecule has 0 unspecified atom stereocenters. The second-order valence-corrected chi connectivity index (χ2v) is 4.61. The molecule has 0 radical (unpaired) electrons. The molecule has 10 heavy (non-hydrogen) atoms. The van der Waals surface area contributed by atoms with Gasteiger partial charge in [0, 0.05) is 5.19 Å². The molecule has 1 aromatic carbocycles. The summed E-state index contributed by atoms with van der Waals surface area (Å²) < 4.78 is 25.2. The van der Waals surface area contributed by atoms with Crippen LogP contribution >= 0.6 is 0 Å². The molecule has 0 aliphatic rings. The minimum atomic E-state index is -4.03. The van der Waals surface area contributed by atoms with Gasteiger partial charge in [-0.05, 0) is 6.55 Å². The lowest BCUT2D eigenvalue weighted by atomic mass is 10.4. The van der Waals surface area contributed by atoms with Gasteiger partial charge >= 0.3 is 8.74 Å². The van der Waals surface area contributed by atoms with Crippen molar-refractivity contribution in [3.05, 3.63) is 30.3 Å². The van der Waals surface area contributed by atoms with Crippen LogP contribution in [0.15, 0.2) is 30.3 Å². The number of benzene rings is 1. The maximum atomic E-state index is 12.6. The fourth-order valence-electron chi connectivity index (χ4n) is 0.731. The Morgan fingerprint density at radius 2 is 1.60 bits per heavy atom. The summed E-state index contributed by atoms with van der Waals surface area (Å²) in [6, 6.07) is 7.97. The molecular weight excluding hydrogens is 150 g/mol. The summed E-state index contributed by atoms with van der Waals surface area (Å²) in [5.74, 6) is 0. The molecule has 1 rings (SSSR count). The van der Waals surface area contributed by atoms with Gasteiger partial charge in [-0.1, -0.05) is 30.3 Å². The zero-order valence-electron chi connectivity index (χ0n) is 5.64. The van der Waals surface area contributed by atoms with Crippen LogP contribution in [0.2, 0.25) is 6.55 Å². The summed E-state index contributed by atoms with van der Waals surface area (Å²) in [6.07, 6.45) is 0. The van der Waals surface area contributed by atoms with Crippen LogP contribution in [0.5, 0.6) is 0 Å². The van der Waals surface area contributed by atoms with Crippen molar-refractivity contribution >= 4 is 13.9 Å². The van der Waals surface area contributed by atoms with Gasteiger partial charge in [-0.15, -0.1) is 0 Å². The highest BCUT2D eigenvalue weighted by Gasteiger charge is 2.29. The van der Waals surface area contributed by atoms with Crippen molar-refractivity contribution in [2.75, 3.05) is 0 Å². The van der Waals surface area contributed by atoms with Crippen molar-refractivity contribution in [1.29, 1.82) is 0 Å². The number of hydrogen-bond donors (Lipinski definition) is 0. The van der Waals surface area contributed by atoms with E-state index < -0.39 is 8.74 Å². The van der Waals surface area contributed by atoms with Crippen molar-refractivity contribution in [3.63, 3.8) is 0 Å². The number of halogens is 2. The highest BCUT2D eigenvalue weighted by Crippen LogP contribution is 2.04. The third kappa shape index (κ3) is 1.64. The number of hydrogen-bond acceptors (Lipinski definition) is 0. The topological polar surface area (TPSA) is 0 Å². The lowest BCUT2D eigenvalue weighted by molar-refractivity contribution is 0.642. The molecule has 0 fully saturated rings. The maximum Gasteiger partial charge on any atom is 0.452 e. The smallest absolute Gasteiger partial charge is 0.265 e. The lowest BCUT2D eigenvalue weighted by Gasteiger charge is -2.04. The second-order valence-electron chi connectivity index (χ2n) is 2.25. The summed E-state index contributed by atoms with van der Waals surface area (Å²) in [7, 11) is -4.03. The van der Waals surface area contributed by atoms with Crippen LogP contribution < -0.4 is 5.19 Å². The van der Waals surface area contributed by atoms with E-state index in [0.717, 1.165) is 6.55 Å². The quantitative estimate of drug-likeness (QED) is 0.432. The van der Waals surface area contributed by atoms with Gasteiger partial charge in [0.05, 0.1) is 0 Å². The van der Waals surface area contributed by atoms with E-state index in [9.17, 15) is 8.22 Å². The van der Waals surface area contributed by atoms with Crippen LogP contribution in [0.3, 0.4) is 0 Å². The van der Waals surface area contributed by atoms with E-state index >= 15 is 0 Å². The molecule has 0 aromatic heterocycles. The molecule has 0 spiro atoms. The number of rotatable bonds is 1. The summed E-state index contributed by atoms with van der Waals surface area (Å²) in [6.45, 7) is 1.03. The van der Waals surface area contributed by atoms with Gasteiger partial charge < -0.3 is 0 Å². The summed E-state index contributed by atoms with van der Waals surface area (Å²) in [5.41, 5.74) is 0. The van der Waals surface area contributed by atoms with E-state index in [4.69, 9.17) is 0 Å². The molecule has 1 aromatic rings. The standard InChI is InChI=1S/C7H8F2Si/c1-10(8,9)7-5-3-2-4-6-7/h2-6H,1H3. The summed E-state index contributed by atoms with van der Waals surface area (Å²) >= 11 is 0. The molecule has 3 heteroatoms. The van der Waals surface area contributed by atoms with E-state index in [1.165, 1.54) is 12.1 Å². The molecule has 0 nitrogen and oxygen atoms in total. The van der Waals surface area contributed by atoms with Crippen molar-refractivity contribution in [3.8, 4) is 0 Å². The fraction of sp³-hybridized carbons (Fsp3) is 0.143. The molecule has 0 saturated carbocycles. The molecule has 0 aliphatic heterocycles. The molecule has 0 amide bonds. The molecule has 0 heterocycles. The first-order valence-electron chi connectivity index (χ1n) is 3.04. The zero-order valence-corrected chi connectivity index (χ0v) is 6.64. The van der Waals surface area contributed by atoms with Gasteiger partial charge in [0.25, 0.3) is 0 Å².